The standard InChI is InChI=1S/C24H24Cl2N2O4S/c1-14-5-6-18(25)13-22(14)28-33(30,31)21-9-7-19(8-10-21)27-24(29)17(4)32-20-11-15(2)23(26)16(3)12-20/h5-13,17,28H,1-4H3,(H,27,29). The molecule has 1 amide bonds. The summed E-state index contributed by atoms with van der Waals surface area (Å²) in [6, 6.07) is 14.4. The fourth-order valence-electron chi connectivity index (χ4n) is 3.10. The summed E-state index contributed by atoms with van der Waals surface area (Å²) >= 11 is 12.1. The van der Waals surface area contributed by atoms with Crippen LogP contribution < -0.4 is 14.8 Å². The zero-order valence-electron chi connectivity index (χ0n) is 18.6. The van der Waals surface area contributed by atoms with Crippen molar-refractivity contribution in [1.29, 1.82) is 0 Å². The lowest BCUT2D eigenvalue weighted by Crippen LogP contribution is -2.30. The molecule has 0 bridgehead atoms. The highest BCUT2D eigenvalue weighted by Gasteiger charge is 2.18. The maximum Gasteiger partial charge on any atom is 0.265 e. The molecule has 0 fully saturated rings. The number of carbonyl (C=O) groups is 1. The van der Waals surface area contributed by atoms with Gasteiger partial charge >= 0.3 is 0 Å². The number of ether oxygens (including phenoxy) is 1. The monoisotopic (exact) mass is 506 g/mol. The lowest BCUT2D eigenvalue weighted by molar-refractivity contribution is -0.122. The summed E-state index contributed by atoms with van der Waals surface area (Å²) in [4.78, 5) is 12.6. The average molecular weight is 507 g/mol. The molecular weight excluding hydrogens is 483 g/mol. The number of anilines is 2. The molecule has 0 aliphatic carbocycles. The maximum absolute atomic E-state index is 12.7. The summed E-state index contributed by atoms with van der Waals surface area (Å²) in [5.41, 5.74) is 3.30. The predicted octanol–water partition coefficient (Wildman–Crippen LogP) is 6.13. The van der Waals surface area contributed by atoms with Crippen molar-refractivity contribution in [2.24, 2.45) is 0 Å². The Bertz CT molecular complexity index is 1270. The van der Waals surface area contributed by atoms with Crippen molar-refractivity contribution < 1.29 is 17.9 Å². The van der Waals surface area contributed by atoms with Crippen molar-refractivity contribution in [3.8, 4) is 5.75 Å². The minimum Gasteiger partial charge on any atom is -0.481 e. The largest absolute Gasteiger partial charge is 0.481 e. The number of benzene rings is 3. The molecule has 1 unspecified atom stereocenters. The highest BCUT2D eigenvalue weighted by molar-refractivity contribution is 7.92. The van der Waals surface area contributed by atoms with E-state index in [1.165, 1.54) is 24.3 Å². The molecule has 0 saturated heterocycles. The zero-order valence-corrected chi connectivity index (χ0v) is 20.9. The van der Waals surface area contributed by atoms with Gasteiger partial charge in [-0.15, -0.1) is 0 Å². The van der Waals surface area contributed by atoms with Gasteiger partial charge in [0.05, 0.1) is 10.6 Å². The maximum atomic E-state index is 12.7. The fraction of sp³-hybridized carbons (Fsp3) is 0.208. The van der Waals surface area contributed by atoms with Gasteiger partial charge in [-0.05, 0) is 92.9 Å². The Morgan fingerprint density at radius 2 is 1.52 bits per heavy atom. The molecule has 0 aliphatic heterocycles. The van der Waals surface area contributed by atoms with Gasteiger partial charge in [0.15, 0.2) is 6.10 Å². The molecule has 9 heteroatoms. The van der Waals surface area contributed by atoms with E-state index in [1.54, 1.807) is 44.2 Å². The zero-order chi connectivity index (χ0) is 24.3. The van der Waals surface area contributed by atoms with Crippen LogP contribution in [0.3, 0.4) is 0 Å². The number of aryl methyl sites for hydroxylation is 3. The topological polar surface area (TPSA) is 84.5 Å². The number of hydrogen-bond donors (Lipinski definition) is 2. The molecule has 3 aromatic carbocycles. The number of nitrogens with one attached hydrogen (secondary N) is 2. The molecular formula is C24H24Cl2N2O4S. The van der Waals surface area contributed by atoms with Crippen LogP contribution in [0.15, 0.2) is 59.5 Å². The summed E-state index contributed by atoms with van der Waals surface area (Å²) in [5, 5.41) is 3.81. The Morgan fingerprint density at radius 1 is 0.909 bits per heavy atom. The first-order valence-electron chi connectivity index (χ1n) is 10.1. The Morgan fingerprint density at radius 3 is 2.12 bits per heavy atom. The predicted molar refractivity (Wildman–Crippen MR) is 133 cm³/mol. The molecule has 6 nitrogen and oxygen atoms in total. The van der Waals surface area contributed by atoms with Crippen LogP contribution in [0.4, 0.5) is 11.4 Å². The SMILES string of the molecule is Cc1ccc(Cl)cc1NS(=O)(=O)c1ccc(NC(=O)C(C)Oc2cc(C)c(Cl)c(C)c2)cc1. The van der Waals surface area contributed by atoms with Gasteiger partial charge in [0.2, 0.25) is 0 Å². The van der Waals surface area contributed by atoms with E-state index in [-0.39, 0.29) is 10.8 Å². The number of sulfonamides is 1. The van der Waals surface area contributed by atoms with Gasteiger partial charge in [-0.3, -0.25) is 9.52 Å². The normalized spacial score (nSPS) is 12.2. The van der Waals surface area contributed by atoms with Crippen LogP contribution in [0.25, 0.3) is 0 Å². The van der Waals surface area contributed by atoms with Crippen LogP contribution in [0.2, 0.25) is 10.0 Å². The van der Waals surface area contributed by atoms with E-state index in [2.05, 4.69) is 10.0 Å². The van der Waals surface area contributed by atoms with E-state index >= 15 is 0 Å². The van der Waals surface area contributed by atoms with Crippen LogP contribution >= 0.6 is 23.2 Å². The molecule has 0 saturated carbocycles. The second-order valence-corrected chi connectivity index (χ2v) is 10.2. The Kier molecular flexibility index (Phi) is 7.57. The molecule has 0 aliphatic rings. The lowest BCUT2D eigenvalue weighted by Gasteiger charge is -2.16. The van der Waals surface area contributed by atoms with Crippen molar-refractivity contribution in [2.45, 2.75) is 38.7 Å². The fourth-order valence-corrected chi connectivity index (χ4v) is 4.50. The van der Waals surface area contributed by atoms with Crippen molar-refractivity contribution in [3.05, 3.63) is 81.3 Å². The third kappa shape index (κ3) is 6.19. The van der Waals surface area contributed by atoms with E-state index in [1.807, 2.05) is 13.8 Å². The summed E-state index contributed by atoms with van der Waals surface area (Å²) in [6.45, 7) is 7.14. The van der Waals surface area contributed by atoms with Crippen LogP contribution in [0.5, 0.6) is 5.75 Å². The van der Waals surface area contributed by atoms with E-state index in [0.717, 1.165) is 16.7 Å². The minimum atomic E-state index is -3.82. The van der Waals surface area contributed by atoms with Crippen LogP contribution in [0.1, 0.15) is 23.6 Å². The number of halogens is 2. The van der Waals surface area contributed by atoms with Crippen molar-refractivity contribution >= 4 is 50.5 Å². The third-order valence-electron chi connectivity index (χ3n) is 4.97. The molecule has 0 radical (unpaired) electrons. The van der Waals surface area contributed by atoms with Crippen molar-refractivity contribution in [3.63, 3.8) is 0 Å². The number of rotatable bonds is 7. The summed E-state index contributed by atoms with van der Waals surface area (Å²) in [6.07, 6.45) is -0.777. The summed E-state index contributed by atoms with van der Waals surface area (Å²) in [7, 11) is -3.82. The van der Waals surface area contributed by atoms with Gasteiger partial charge in [0.1, 0.15) is 5.75 Å². The molecule has 174 valence electrons. The van der Waals surface area contributed by atoms with Crippen LogP contribution in [0, 0.1) is 20.8 Å². The van der Waals surface area contributed by atoms with Gasteiger partial charge in [0, 0.05) is 15.7 Å². The Hall–Kier alpha value is -2.74. The molecule has 2 N–H and O–H groups in total. The average Bonchev–Trinajstić information content (AvgIpc) is 2.74. The van der Waals surface area contributed by atoms with Gasteiger partial charge < -0.3 is 10.1 Å². The first kappa shape index (κ1) is 24.9. The Balaban J connectivity index is 1.67. The number of carbonyl (C=O) groups excluding carboxylic acids is 1. The highest BCUT2D eigenvalue weighted by atomic mass is 35.5. The van der Waals surface area contributed by atoms with Gasteiger partial charge in [-0.2, -0.15) is 0 Å². The Labute approximate surface area is 203 Å². The molecule has 33 heavy (non-hydrogen) atoms. The molecule has 3 aromatic rings. The summed E-state index contributed by atoms with van der Waals surface area (Å²) in [5.74, 6) is 0.171. The molecule has 0 spiro atoms. The third-order valence-corrected chi connectivity index (χ3v) is 7.18. The molecule has 0 heterocycles. The molecule has 0 aromatic heterocycles. The quantitative estimate of drug-likeness (QED) is 0.403. The molecule has 3 rings (SSSR count). The van der Waals surface area contributed by atoms with Gasteiger partial charge in [-0.1, -0.05) is 29.3 Å². The second kappa shape index (κ2) is 10.0. The lowest BCUT2D eigenvalue weighted by atomic mass is 10.1. The smallest absolute Gasteiger partial charge is 0.265 e. The van der Waals surface area contributed by atoms with E-state index in [4.69, 9.17) is 27.9 Å². The minimum absolute atomic E-state index is 0.0521. The van der Waals surface area contributed by atoms with Crippen LogP contribution in [-0.4, -0.2) is 20.4 Å². The van der Waals surface area contributed by atoms with Crippen molar-refractivity contribution in [2.75, 3.05) is 10.0 Å². The van der Waals surface area contributed by atoms with Gasteiger partial charge in [-0.25, -0.2) is 8.42 Å². The van der Waals surface area contributed by atoms with Crippen LogP contribution in [-0.2, 0) is 14.8 Å². The van der Waals surface area contributed by atoms with Gasteiger partial charge in [0.25, 0.3) is 15.9 Å². The van der Waals surface area contributed by atoms with Crippen molar-refractivity contribution in [1.82, 2.24) is 0 Å². The number of hydrogen-bond acceptors (Lipinski definition) is 4. The summed E-state index contributed by atoms with van der Waals surface area (Å²) < 4.78 is 33.7. The second-order valence-electron chi connectivity index (χ2n) is 7.71. The van der Waals surface area contributed by atoms with E-state index in [0.29, 0.717) is 27.2 Å². The van der Waals surface area contributed by atoms with E-state index < -0.39 is 16.1 Å². The molecule has 1 atom stereocenters. The van der Waals surface area contributed by atoms with E-state index in [9.17, 15) is 13.2 Å². The highest BCUT2D eigenvalue weighted by Crippen LogP contribution is 2.27. The first-order valence-corrected chi connectivity index (χ1v) is 12.3. The first-order chi connectivity index (χ1) is 15.5. The number of amides is 1.